The van der Waals surface area contributed by atoms with Crippen molar-refractivity contribution in [1.82, 2.24) is 0 Å². The summed E-state index contributed by atoms with van der Waals surface area (Å²) >= 11 is 0. The molecule has 0 radical (unpaired) electrons. The molecule has 0 spiro atoms. The number of carboxylic acids is 1. The molecule has 1 atom stereocenters. The van der Waals surface area contributed by atoms with Crippen LogP contribution in [0.5, 0.6) is 0 Å². The maximum Gasteiger partial charge on any atom is 0.337 e. The quantitative estimate of drug-likeness (QED) is 0.720. The van der Waals surface area contributed by atoms with Crippen LogP contribution in [0.15, 0.2) is 18.2 Å². The third kappa shape index (κ3) is 5.15. The van der Waals surface area contributed by atoms with Gasteiger partial charge in [-0.25, -0.2) is 9.18 Å². The van der Waals surface area contributed by atoms with Crippen molar-refractivity contribution in [2.45, 2.75) is 26.7 Å². The van der Waals surface area contributed by atoms with Crippen molar-refractivity contribution in [2.24, 2.45) is 17.6 Å². The van der Waals surface area contributed by atoms with E-state index >= 15 is 0 Å². The van der Waals surface area contributed by atoms with Crippen LogP contribution in [0.4, 0.5) is 10.1 Å². The maximum atomic E-state index is 13.7. The van der Waals surface area contributed by atoms with Crippen LogP contribution in [0, 0.1) is 17.7 Å². The predicted molar refractivity (Wildman–Crippen MR) is 78.6 cm³/mol. The highest BCUT2D eigenvalue weighted by atomic mass is 19.1. The molecule has 0 aromatic heterocycles. The summed E-state index contributed by atoms with van der Waals surface area (Å²) in [6.07, 6.45) is 0.926. The Balaban J connectivity index is 2.81. The van der Waals surface area contributed by atoms with E-state index in [1.54, 1.807) is 0 Å². The van der Waals surface area contributed by atoms with E-state index in [0.717, 1.165) is 12.5 Å². The predicted octanol–water partition coefficient (Wildman–Crippen LogP) is 2.47. The van der Waals surface area contributed by atoms with E-state index in [2.05, 4.69) is 5.32 Å². The second-order valence-corrected chi connectivity index (χ2v) is 5.45. The highest BCUT2D eigenvalue weighted by molar-refractivity contribution is 6.00. The zero-order valence-electron chi connectivity index (χ0n) is 12.2. The molecule has 1 unspecified atom stereocenters. The minimum Gasteiger partial charge on any atom is -0.478 e. The largest absolute Gasteiger partial charge is 0.478 e. The molecule has 0 aliphatic heterocycles. The third-order valence-corrected chi connectivity index (χ3v) is 3.12. The summed E-state index contributed by atoms with van der Waals surface area (Å²) in [6, 6.07) is 3.64. The van der Waals surface area contributed by atoms with E-state index < -0.39 is 17.7 Å². The number of para-hydroxylation sites is 1. The summed E-state index contributed by atoms with van der Waals surface area (Å²) in [6.45, 7) is 4.41. The normalized spacial score (nSPS) is 12.2. The standard InChI is InChI=1S/C15H21FN2O3/c1-9(2)6-10(8-17)7-13(19)18-14-11(15(20)21)4-3-5-12(14)16/h3-5,9-10H,6-8,17H2,1-2H3,(H,18,19)(H,20,21). The van der Waals surface area contributed by atoms with E-state index in [0.29, 0.717) is 12.5 Å². The molecule has 116 valence electrons. The number of carbonyl (C=O) groups excluding carboxylic acids is 1. The van der Waals surface area contributed by atoms with Crippen molar-refractivity contribution in [3.63, 3.8) is 0 Å². The van der Waals surface area contributed by atoms with Gasteiger partial charge in [-0.3, -0.25) is 4.79 Å². The Labute approximate surface area is 123 Å². The Bertz CT molecular complexity index is 518. The fourth-order valence-electron chi connectivity index (χ4n) is 2.21. The topological polar surface area (TPSA) is 92.4 Å². The number of aromatic carboxylic acids is 1. The number of nitrogens with two attached hydrogens (primary N) is 1. The number of hydrogen-bond acceptors (Lipinski definition) is 3. The van der Waals surface area contributed by atoms with Crippen molar-refractivity contribution < 1.29 is 19.1 Å². The monoisotopic (exact) mass is 296 g/mol. The van der Waals surface area contributed by atoms with Crippen molar-refractivity contribution in [3.05, 3.63) is 29.6 Å². The zero-order chi connectivity index (χ0) is 16.0. The fourth-order valence-corrected chi connectivity index (χ4v) is 2.21. The van der Waals surface area contributed by atoms with E-state index in [9.17, 15) is 14.0 Å². The first-order valence-electron chi connectivity index (χ1n) is 6.86. The average molecular weight is 296 g/mol. The molecule has 0 bridgehead atoms. The van der Waals surface area contributed by atoms with Gasteiger partial charge in [0, 0.05) is 6.42 Å². The molecule has 1 amide bonds. The number of amides is 1. The second kappa shape index (κ2) is 7.73. The van der Waals surface area contributed by atoms with Gasteiger partial charge in [-0.1, -0.05) is 19.9 Å². The summed E-state index contributed by atoms with van der Waals surface area (Å²) in [5.41, 5.74) is 5.06. The Hall–Kier alpha value is -1.95. The Morgan fingerprint density at radius 2 is 2.05 bits per heavy atom. The summed E-state index contributed by atoms with van der Waals surface area (Å²) in [7, 11) is 0. The second-order valence-electron chi connectivity index (χ2n) is 5.45. The molecule has 0 aliphatic rings. The van der Waals surface area contributed by atoms with Crippen LogP contribution in [-0.2, 0) is 4.79 Å². The molecule has 1 aromatic rings. The van der Waals surface area contributed by atoms with E-state index in [1.807, 2.05) is 13.8 Å². The summed E-state index contributed by atoms with van der Waals surface area (Å²) in [5, 5.41) is 11.4. The summed E-state index contributed by atoms with van der Waals surface area (Å²) in [4.78, 5) is 23.0. The molecule has 21 heavy (non-hydrogen) atoms. The van der Waals surface area contributed by atoms with Crippen LogP contribution in [0.3, 0.4) is 0 Å². The lowest BCUT2D eigenvalue weighted by Gasteiger charge is -2.17. The molecule has 0 heterocycles. The molecule has 1 rings (SSSR count). The van der Waals surface area contributed by atoms with Gasteiger partial charge in [0.15, 0.2) is 0 Å². The maximum absolute atomic E-state index is 13.7. The van der Waals surface area contributed by atoms with Crippen LogP contribution in [-0.4, -0.2) is 23.5 Å². The third-order valence-electron chi connectivity index (χ3n) is 3.12. The molecule has 0 fully saturated rings. The lowest BCUT2D eigenvalue weighted by Crippen LogP contribution is -2.24. The first-order valence-corrected chi connectivity index (χ1v) is 6.86. The van der Waals surface area contributed by atoms with Gasteiger partial charge in [0.05, 0.1) is 11.3 Å². The van der Waals surface area contributed by atoms with Gasteiger partial charge < -0.3 is 16.2 Å². The Kier molecular flexibility index (Phi) is 6.30. The van der Waals surface area contributed by atoms with Crippen LogP contribution < -0.4 is 11.1 Å². The lowest BCUT2D eigenvalue weighted by atomic mass is 9.94. The van der Waals surface area contributed by atoms with E-state index in [4.69, 9.17) is 10.8 Å². The Morgan fingerprint density at radius 3 is 2.57 bits per heavy atom. The smallest absolute Gasteiger partial charge is 0.337 e. The Morgan fingerprint density at radius 1 is 1.38 bits per heavy atom. The minimum atomic E-state index is -1.29. The number of halogens is 1. The van der Waals surface area contributed by atoms with Crippen LogP contribution >= 0.6 is 0 Å². The van der Waals surface area contributed by atoms with Crippen molar-refractivity contribution in [2.75, 3.05) is 11.9 Å². The molecule has 5 nitrogen and oxygen atoms in total. The lowest BCUT2D eigenvalue weighted by molar-refractivity contribution is -0.117. The number of carboxylic acid groups (broad SMARTS) is 1. The van der Waals surface area contributed by atoms with Crippen LogP contribution in [0.25, 0.3) is 0 Å². The average Bonchev–Trinajstić information content (AvgIpc) is 2.39. The van der Waals surface area contributed by atoms with Gasteiger partial charge >= 0.3 is 5.97 Å². The number of hydrogen-bond donors (Lipinski definition) is 3. The molecule has 4 N–H and O–H groups in total. The number of benzene rings is 1. The molecule has 1 aromatic carbocycles. The van der Waals surface area contributed by atoms with Gasteiger partial charge in [0.25, 0.3) is 0 Å². The summed E-state index contributed by atoms with van der Waals surface area (Å²) in [5.74, 6) is -2.10. The molecule has 0 saturated heterocycles. The van der Waals surface area contributed by atoms with Gasteiger partial charge in [0.1, 0.15) is 5.82 Å². The van der Waals surface area contributed by atoms with Gasteiger partial charge in [-0.05, 0) is 36.9 Å². The minimum absolute atomic E-state index is 0.00921. The number of anilines is 1. The first-order chi connectivity index (χ1) is 9.85. The first kappa shape index (κ1) is 17.1. The van der Waals surface area contributed by atoms with Crippen molar-refractivity contribution >= 4 is 17.6 Å². The molecule has 6 heteroatoms. The fraction of sp³-hybridized carbons (Fsp3) is 0.467. The molecule has 0 saturated carbocycles. The summed E-state index contributed by atoms with van der Waals surface area (Å²) < 4.78 is 13.7. The highest BCUT2D eigenvalue weighted by Crippen LogP contribution is 2.21. The van der Waals surface area contributed by atoms with Crippen molar-refractivity contribution in [1.29, 1.82) is 0 Å². The van der Waals surface area contributed by atoms with E-state index in [1.165, 1.54) is 12.1 Å². The van der Waals surface area contributed by atoms with Gasteiger partial charge in [-0.15, -0.1) is 0 Å². The highest BCUT2D eigenvalue weighted by Gasteiger charge is 2.19. The number of nitrogens with one attached hydrogen (secondary N) is 1. The van der Waals surface area contributed by atoms with Gasteiger partial charge in [-0.2, -0.15) is 0 Å². The molecular weight excluding hydrogens is 275 g/mol. The SMILES string of the molecule is CC(C)CC(CN)CC(=O)Nc1c(F)cccc1C(=O)O. The number of carbonyl (C=O) groups is 2. The van der Waals surface area contributed by atoms with Crippen molar-refractivity contribution in [3.8, 4) is 0 Å². The van der Waals surface area contributed by atoms with Crippen LogP contribution in [0.1, 0.15) is 37.0 Å². The van der Waals surface area contributed by atoms with Gasteiger partial charge in [0.2, 0.25) is 5.91 Å². The number of rotatable bonds is 7. The zero-order valence-corrected chi connectivity index (χ0v) is 12.2. The molecular formula is C15H21FN2O3. The van der Waals surface area contributed by atoms with E-state index in [-0.39, 0.29) is 23.6 Å². The van der Waals surface area contributed by atoms with Crippen LogP contribution in [0.2, 0.25) is 0 Å². The molecule has 0 aliphatic carbocycles.